The fourth-order valence-corrected chi connectivity index (χ4v) is 2.61. The second-order valence-electron chi connectivity index (χ2n) is 6.21. The van der Waals surface area contributed by atoms with Crippen molar-refractivity contribution >= 4 is 5.96 Å². The van der Waals surface area contributed by atoms with E-state index in [2.05, 4.69) is 15.6 Å². The number of alkyl halides is 3. The molecule has 8 heteroatoms. The van der Waals surface area contributed by atoms with Crippen molar-refractivity contribution < 1.29 is 22.6 Å². The quantitative estimate of drug-likeness (QED) is 0.418. The minimum Gasteiger partial charge on any atom is -0.381 e. The van der Waals surface area contributed by atoms with Gasteiger partial charge in [-0.1, -0.05) is 12.1 Å². The van der Waals surface area contributed by atoms with Gasteiger partial charge in [-0.25, -0.2) is 0 Å². The summed E-state index contributed by atoms with van der Waals surface area (Å²) >= 11 is 0. The Kier molecular flexibility index (Phi) is 8.18. The van der Waals surface area contributed by atoms with Gasteiger partial charge in [-0.15, -0.1) is 0 Å². The average molecular weight is 373 g/mol. The van der Waals surface area contributed by atoms with Crippen LogP contribution in [0.3, 0.4) is 0 Å². The van der Waals surface area contributed by atoms with Gasteiger partial charge in [0.1, 0.15) is 0 Å². The summed E-state index contributed by atoms with van der Waals surface area (Å²) in [5.74, 6) is 1.05. The summed E-state index contributed by atoms with van der Waals surface area (Å²) in [6.07, 6.45) is -2.46. The normalized spacial score (nSPS) is 18.2. The summed E-state index contributed by atoms with van der Waals surface area (Å²) < 4.78 is 49.1. The first-order chi connectivity index (χ1) is 12.5. The Morgan fingerprint density at radius 3 is 2.88 bits per heavy atom. The van der Waals surface area contributed by atoms with E-state index in [1.54, 1.807) is 13.1 Å². The van der Waals surface area contributed by atoms with Crippen LogP contribution in [0.5, 0.6) is 0 Å². The first-order valence-corrected chi connectivity index (χ1v) is 8.75. The van der Waals surface area contributed by atoms with E-state index in [0.717, 1.165) is 44.8 Å². The Labute approximate surface area is 152 Å². The maximum atomic E-state index is 12.7. The molecule has 0 saturated carbocycles. The average Bonchev–Trinajstić information content (AvgIpc) is 3.13. The second-order valence-corrected chi connectivity index (χ2v) is 6.21. The third-order valence-electron chi connectivity index (χ3n) is 4.07. The zero-order chi connectivity index (χ0) is 18.8. The predicted octanol–water partition coefficient (Wildman–Crippen LogP) is 2.81. The lowest BCUT2D eigenvalue weighted by atomic mass is 10.1. The van der Waals surface area contributed by atoms with Gasteiger partial charge < -0.3 is 20.1 Å². The van der Waals surface area contributed by atoms with Gasteiger partial charge in [0.25, 0.3) is 0 Å². The van der Waals surface area contributed by atoms with E-state index in [1.807, 2.05) is 0 Å². The van der Waals surface area contributed by atoms with Crippen LogP contribution in [-0.2, 0) is 22.2 Å². The van der Waals surface area contributed by atoms with Crippen LogP contribution < -0.4 is 10.6 Å². The van der Waals surface area contributed by atoms with Crippen molar-refractivity contribution in [1.29, 1.82) is 0 Å². The number of nitrogens with zero attached hydrogens (tertiary/aromatic N) is 1. The fourth-order valence-electron chi connectivity index (χ4n) is 2.61. The molecule has 26 heavy (non-hydrogen) atoms. The third-order valence-corrected chi connectivity index (χ3v) is 4.07. The molecule has 146 valence electrons. The van der Waals surface area contributed by atoms with E-state index in [1.165, 1.54) is 6.07 Å². The van der Waals surface area contributed by atoms with Gasteiger partial charge in [0.15, 0.2) is 5.96 Å². The summed E-state index contributed by atoms with van der Waals surface area (Å²) in [6.45, 7) is 3.91. The Bertz CT molecular complexity index is 573. The highest BCUT2D eigenvalue weighted by molar-refractivity contribution is 5.79. The molecule has 1 saturated heterocycles. The lowest BCUT2D eigenvalue weighted by molar-refractivity contribution is -0.137. The highest BCUT2D eigenvalue weighted by Gasteiger charge is 2.30. The molecule has 0 aliphatic carbocycles. The molecule has 0 spiro atoms. The largest absolute Gasteiger partial charge is 0.416 e. The Morgan fingerprint density at radius 2 is 2.19 bits per heavy atom. The van der Waals surface area contributed by atoms with Crippen molar-refractivity contribution in [3.05, 3.63) is 35.4 Å². The van der Waals surface area contributed by atoms with Crippen molar-refractivity contribution in [2.24, 2.45) is 10.9 Å². The summed E-state index contributed by atoms with van der Waals surface area (Å²) in [4.78, 5) is 4.07. The summed E-state index contributed by atoms with van der Waals surface area (Å²) in [7, 11) is 1.62. The minimum atomic E-state index is -4.33. The maximum absolute atomic E-state index is 12.7. The summed E-state index contributed by atoms with van der Waals surface area (Å²) in [5.41, 5.74) is -0.102. The summed E-state index contributed by atoms with van der Waals surface area (Å²) in [5, 5.41) is 6.14. The van der Waals surface area contributed by atoms with Gasteiger partial charge in [-0.05, 0) is 30.5 Å². The molecule has 0 bridgehead atoms. The van der Waals surface area contributed by atoms with E-state index in [4.69, 9.17) is 9.47 Å². The van der Waals surface area contributed by atoms with Crippen LogP contribution in [0, 0.1) is 5.92 Å². The molecule has 1 heterocycles. The van der Waals surface area contributed by atoms with Gasteiger partial charge in [-0.2, -0.15) is 13.2 Å². The van der Waals surface area contributed by atoms with Crippen LogP contribution in [0.15, 0.2) is 29.3 Å². The number of aliphatic imine (C=N–C) groups is 1. The first kappa shape index (κ1) is 20.5. The van der Waals surface area contributed by atoms with E-state index in [0.29, 0.717) is 30.6 Å². The fraction of sp³-hybridized carbons (Fsp3) is 0.611. The molecule has 2 rings (SSSR count). The Hall–Kier alpha value is -1.80. The van der Waals surface area contributed by atoms with Crippen LogP contribution in [-0.4, -0.2) is 46.0 Å². The van der Waals surface area contributed by atoms with Gasteiger partial charge >= 0.3 is 6.18 Å². The molecule has 0 aromatic heterocycles. The summed E-state index contributed by atoms with van der Waals surface area (Å²) in [6, 6.07) is 5.26. The molecule has 0 amide bonds. The number of benzene rings is 1. The minimum absolute atomic E-state index is 0.266. The number of halogens is 3. The SMILES string of the molecule is CN=C(NCCCOCC1CCOC1)NCc1cccc(C(F)(F)F)c1. The zero-order valence-electron chi connectivity index (χ0n) is 14.9. The number of ether oxygens (including phenoxy) is 2. The van der Waals surface area contributed by atoms with Crippen molar-refractivity contribution in [3.63, 3.8) is 0 Å². The standard InChI is InChI=1S/C18H26F3N3O2/c1-22-17(23-7-3-8-25-12-15-6-9-26-13-15)24-11-14-4-2-5-16(10-14)18(19,20)21/h2,4-5,10,15H,3,6-9,11-13H2,1H3,(H2,22,23,24). The van der Waals surface area contributed by atoms with E-state index in [-0.39, 0.29) is 6.54 Å². The maximum Gasteiger partial charge on any atom is 0.416 e. The Balaban J connectivity index is 1.63. The van der Waals surface area contributed by atoms with Crippen LogP contribution in [0.25, 0.3) is 0 Å². The highest BCUT2D eigenvalue weighted by Crippen LogP contribution is 2.29. The smallest absolute Gasteiger partial charge is 0.381 e. The molecule has 1 fully saturated rings. The molecule has 5 nitrogen and oxygen atoms in total. The molecule has 2 N–H and O–H groups in total. The molecule has 1 atom stereocenters. The molecule has 1 aliphatic rings. The van der Waals surface area contributed by atoms with Crippen LogP contribution in [0.4, 0.5) is 13.2 Å². The van der Waals surface area contributed by atoms with Gasteiger partial charge in [-0.3, -0.25) is 4.99 Å². The molecule has 1 aromatic rings. The van der Waals surface area contributed by atoms with Crippen molar-refractivity contribution in [2.45, 2.75) is 25.6 Å². The van der Waals surface area contributed by atoms with E-state index >= 15 is 0 Å². The van der Waals surface area contributed by atoms with Crippen molar-refractivity contribution in [3.8, 4) is 0 Å². The number of rotatable bonds is 8. The van der Waals surface area contributed by atoms with Crippen LogP contribution >= 0.6 is 0 Å². The van der Waals surface area contributed by atoms with Crippen molar-refractivity contribution in [1.82, 2.24) is 10.6 Å². The topological polar surface area (TPSA) is 54.9 Å². The van der Waals surface area contributed by atoms with Gasteiger partial charge in [0, 0.05) is 39.3 Å². The third kappa shape index (κ3) is 7.21. The molecule has 1 aliphatic heterocycles. The number of guanidine groups is 1. The lowest BCUT2D eigenvalue weighted by Crippen LogP contribution is -2.37. The van der Waals surface area contributed by atoms with Gasteiger partial charge in [0.2, 0.25) is 0 Å². The molecule has 1 aromatic carbocycles. The zero-order valence-corrected chi connectivity index (χ0v) is 14.9. The van der Waals surface area contributed by atoms with Crippen LogP contribution in [0.1, 0.15) is 24.0 Å². The molecular formula is C18H26F3N3O2. The lowest BCUT2D eigenvalue weighted by Gasteiger charge is -2.13. The predicted molar refractivity (Wildman–Crippen MR) is 94.0 cm³/mol. The first-order valence-electron chi connectivity index (χ1n) is 8.75. The van der Waals surface area contributed by atoms with Gasteiger partial charge in [0.05, 0.1) is 18.8 Å². The van der Waals surface area contributed by atoms with Crippen molar-refractivity contribution in [2.75, 3.05) is 40.0 Å². The number of nitrogens with one attached hydrogen (secondary N) is 2. The van der Waals surface area contributed by atoms with E-state index < -0.39 is 11.7 Å². The van der Waals surface area contributed by atoms with E-state index in [9.17, 15) is 13.2 Å². The molecule has 0 radical (unpaired) electrons. The number of hydrogen-bond acceptors (Lipinski definition) is 3. The number of hydrogen-bond donors (Lipinski definition) is 2. The monoisotopic (exact) mass is 373 g/mol. The second kappa shape index (κ2) is 10.4. The highest BCUT2D eigenvalue weighted by atomic mass is 19.4. The van der Waals surface area contributed by atoms with Crippen LogP contribution in [0.2, 0.25) is 0 Å². The molecule has 1 unspecified atom stereocenters. The molecular weight excluding hydrogens is 347 g/mol. The Morgan fingerprint density at radius 1 is 1.35 bits per heavy atom.